The molecule has 154 valence electrons. The number of hydrogen-bond acceptors (Lipinski definition) is 3. The van der Waals surface area contributed by atoms with Crippen molar-refractivity contribution in [1.82, 2.24) is 0 Å². The van der Waals surface area contributed by atoms with Gasteiger partial charge in [-0.05, 0) is 49.7 Å². The number of hydrogen-bond donors (Lipinski definition) is 2. The fourth-order valence-corrected chi connectivity index (χ4v) is 3.40. The number of halogens is 3. The number of aryl methyl sites for hydroxylation is 1. The van der Waals surface area contributed by atoms with Gasteiger partial charge in [0.1, 0.15) is 0 Å². The van der Waals surface area contributed by atoms with Gasteiger partial charge in [0.25, 0.3) is 0 Å². The molecule has 1 aromatic rings. The fraction of sp³-hybridized carbons (Fsp3) is 0.667. The summed E-state index contributed by atoms with van der Waals surface area (Å²) in [5, 5.41) is 20.9. The molecule has 6 heteroatoms. The van der Waals surface area contributed by atoms with Crippen LogP contribution in [0, 0.1) is 0 Å². The van der Waals surface area contributed by atoms with Crippen molar-refractivity contribution in [3.63, 3.8) is 0 Å². The Balaban J connectivity index is 2.60. The van der Waals surface area contributed by atoms with E-state index in [1.165, 1.54) is 0 Å². The van der Waals surface area contributed by atoms with Gasteiger partial charge in [-0.1, -0.05) is 51.0 Å². The van der Waals surface area contributed by atoms with E-state index in [9.17, 15) is 28.2 Å². The van der Waals surface area contributed by atoms with Crippen LogP contribution in [-0.2, 0) is 11.2 Å². The minimum absolute atomic E-state index is 0.0174. The normalized spacial score (nSPS) is 13.6. The number of aliphatic hydroxyl groups excluding tert-OH is 1. The van der Waals surface area contributed by atoms with E-state index in [2.05, 4.69) is 0 Å². The van der Waals surface area contributed by atoms with Crippen molar-refractivity contribution in [2.75, 3.05) is 0 Å². The Bertz CT molecular complexity index is 578. The molecular formula is C21H31F3O3. The third kappa shape index (κ3) is 8.43. The van der Waals surface area contributed by atoms with Gasteiger partial charge in [-0.2, -0.15) is 13.2 Å². The predicted molar refractivity (Wildman–Crippen MR) is 99.4 cm³/mol. The SMILES string of the molecule is CCCC(O)(CCC)CCc1cccc([C@H](O)CCCC(=O)C(F)(F)F)c1. The molecule has 0 aliphatic carbocycles. The average molecular weight is 388 g/mol. The van der Waals surface area contributed by atoms with Gasteiger partial charge < -0.3 is 10.2 Å². The number of Topliss-reactive ketones (excluding diaryl/α,β-unsaturated/α-hetero) is 1. The van der Waals surface area contributed by atoms with Gasteiger partial charge in [0, 0.05) is 6.42 Å². The molecule has 0 saturated carbocycles. The maximum atomic E-state index is 12.2. The number of alkyl halides is 3. The molecule has 0 aliphatic rings. The van der Waals surface area contributed by atoms with Crippen molar-refractivity contribution < 1.29 is 28.2 Å². The minimum atomic E-state index is -4.81. The predicted octanol–water partition coefficient (Wildman–Crippen LogP) is 5.29. The second kappa shape index (κ2) is 10.8. The lowest BCUT2D eigenvalue weighted by Crippen LogP contribution is -2.28. The minimum Gasteiger partial charge on any atom is -0.390 e. The second-order valence-corrected chi connectivity index (χ2v) is 7.30. The topological polar surface area (TPSA) is 57.5 Å². The van der Waals surface area contributed by atoms with E-state index < -0.39 is 30.1 Å². The van der Waals surface area contributed by atoms with E-state index in [4.69, 9.17) is 0 Å². The van der Waals surface area contributed by atoms with Crippen molar-refractivity contribution in [1.29, 1.82) is 0 Å². The van der Waals surface area contributed by atoms with Crippen LogP contribution >= 0.6 is 0 Å². The van der Waals surface area contributed by atoms with E-state index >= 15 is 0 Å². The first-order chi connectivity index (χ1) is 12.6. The molecule has 1 rings (SSSR count). The molecule has 0 radical (unpaired) electrons. The third-order valence-electron chi connectivity index (χ3n) is 4.84. The average Bonchev–Trinajstić information content (AvgIpc) is 2.60. The Labute approximate surface area is 159 Å². The van der Waals surface area contributed by atoms with Crippen LogP contribution in [0.5, 0.6) is 0 Å². The molecule has 3 nitrogen and oxygen atoms in total. The maximum Gasteiger partial charge on any atom is 0.449 e. The number of benzene rings is 1. The summed E-state index contributed by atoms with van der Waals surface area (Å²) in [5.74, 6) is -1.76. The summed E-state index contributed by atoms with van der Waals surface area (Å²) in [6.07, 6.45) is -1.63. The molecule has 1 aromatic carbocycles. The Morgan fingerprint density at radius 3 is 2.30 bits per heavy atom. The maximum absolute atomic E-state index is 12.2. The first-order valence-electron chi connectivity index (χ1n) is 9.70. The summed E-state index contributed by atoms with van der Waals surface area (Å²) in [6.45, 7) is 4.09. The Kier molecular flexibility index (Phi) is 9.47. The zero-order chi connectivity index (χ0) is 20.5. The standard InChI is InChI=1S/C21H31F3O3/c1-3-12-20(27,13-4-2)14-11-16-7-5-8-17(15-16)18(25)9-6-10-19(26)21(22,23)24/h5,7-8,15,18,25,27H,3-4,6,9-14H2,1-2H3/t18-/m1/s1. The molecule has 0 heterocycles. The summed E-state index contributed by atoms with van der Waals surface area (Å²) >= 11 is 0. The van der Waals surface area contributed by atoms with Crippen LogP contribution in [0.3, 0.4) is 0 Å². The summed E-state index contributed by atoms with van der Waals surface area (Å²) in [4.78, 5) is 10.9. The van der Waals surface area contributed by atoms with Crippen LogP contribution in [0.15, 0.2) is 24.3 Å². The Hall–Kier alpha value is -1.40. The zero-order valence-corrected chi connectivity index (χ0v) is 16.2. The van der Waals surface area contributed by atoms with Crippen LogP contribution in [-0.4, -0.2) is 27.8 Å². The van der Waals surface area contributed by atoms with E-state index in [0.29, 0.717) is 18.4 Å². The summed E-state index contributed by atoms with van der Waals surface area (Å²) < 4.78 is 36.6. The molecule has 0 saturated heterocycles. The summed E-state index contributed by atoms with van der Waals surface area (Å²) in [6, 6.07) is 7.27. The van der Waals surface area contributed by atoms with Crippen molar-refractivity contribution in [3.8, 4) is 0 Å². The number of rotatable bonds is 12. The first-order valence-corrected chi connectivity index (χ1v) is 9.70. The molecule has 1 atom stereocenters. The van der Waals surface area contributed by atoms with Crippen LogP contribution < -0.4 is 0 Å². The highest BCUT2D eigenvalue weighted by Gasteiger charge is 2.37. The van der Waals surface area contributed by atoms with Gasteiger partial charge in [-0.25, -0.2) is 0 Å². The van der Waals surface area contributed by atoms with Gasteiger partial charge in [-0.3, -0.25) is 4.79 Å². The lowest BCUT2D eigenvalue weighted by molar-refractivity contribution is -0.171. The highest BCUT2D eigenvalue weighted by molar-refractivity contribution is 5.83. The molecule has 0 amide bonds. The summed E-state index contributed by atoms with van der Waals surface area (Å²) in [7, 11) is 0. The zero-order valence-electron chi connectivity index (χ0n) is 16.2. The summed E-state index contributed by atoms with van der Waals surface area (Å²) in [5.41, 5.74) is 0.917. The van der Waals surface area contributed by atoms with Gasteiger partial charge in [0.15, 0.2) is 0 Å². The number of ketones is 1. The smallest absolute Gasteiger partial charge is 0.390 e. The van der Waals surface area contributed by atoms with Crippen LogP contribution in [0.1, 0.15) is 82.4 Å². The second-order valence-electron chi connectivity index (χ2n) is 7.30. The first kappa shape index (κ1) is 23.6. The van der Waals surface area contributed by atoms with Crippen molar-refractivity contribution in [2.24, 2.45) is 0 Å². The molecule has 0 unspecified atom stereocenters. The molecule has 2 N–H and O–H groups in total. The van der Waals surface area contributed by atoms with Crippen LogP contribution in [0.4, 0.5) is 13.2 Å². The molecule has 0 aromatic heterocycles. The highest BCUT2D eigenvalue weighted by atomic mass is 19.4. The molecular weight excluding hydrogens is 357 g/mol. The van der Waals surface area contributed by atoms with Gasteiger partial charge in [0.2, 0.25) is 5.78 Å². The Morgan fingerprint density at radius 1 is 1.11 bits per heavy atom. The molecule has 0 aliphatic heterocycles. The van der Waals surface area contributed by atoms with Crippen LogP contribution in [0.25, 0.3) is 0 Å². The van der Waals surface area contributed by atoms with Crippen LogP contribution in [0.2, 0.25) is 0 Å². The monoisotopic (exact) mass is 388 g/mol. The quantitative estimate of drug-likeness (QED) is 0.512. The van der Waals surface area contributed by atoms with Gasteiger partial charge in [-0.15, -0.1) is 0 Å². The largest absolute Gasteiger partial charge is 0.449 e. The van der Waals surface area contributed by atoms with E-state index in [1.807, 2.05) is 26.0 Å². The van der Waals surface area contributed by atoms with E-state index in [0.717, 1.165) is 31.2 Å². The van der Waals surface area contributed by atoms with E-state index in [1.54, 1.807) is 12.1 Å². The molecule has 0 spiro atoms. The van der Waals surface area contributed by atoms with Crippen molar-refractivity contribution in [2.45, 2.75) is 89.5 Å². The molecule has 0 bridgehead atoms. The number of carbonyl (C=O) groups is 1. The van der Waals surface area contributed by atoms with Gasteiger partial charge >= 0.3 is 6.18 Å². The third-order valence-corrected chi connectivity index (χ3v) is 4.84. The fourth-order valence-electron chi connectivity index (χ4n) is 3.40. The number of aliphatic hydroxyl groups is 2. The lowest BCUT2D eigenvalue weighted by atomic mass is 9.86. The van der Waals surface area contributed by atoms with Gasteiger partial charge in [0.05, 0.1) is 11.7 Å². The van der Waals surface area contributed by atoms with Crippen molar-refractivity contribution >= 4 is 5.78 Å². The Morgan fingerprint density at radius 2 is 1.74 bits per heavy atom. The highest BCUT2D eigenvalue weighted by Crippen LogP contribution is 2.27. The van der Waals surface area contributed by atoms with Crippen molar-refractivity contribution in [3.05, 3.63) is 35.4 Å². The number of carbonyl (C=O) groups excluding carboxylic acids is 1. The van der Waals surface area contributed by atoms with E-state index in [-0.39, 0.29) is 12.8 Å². The lowest BCUT2D eigenvalue weighted by Gasteiger charge is -2.27. The molecule has 0 fully saturated rings. The molecule has 27 heavy (non-hydrogen) atoms.